The summed E-state index contributed by atoms with van der Waals surface area (Å²) in [6.07, 6.45) is 3.56. The van der Waals surface area contributed by atoms with Crippen LogP contribution in [0.3, 0.4) is 0 Å². The van der Waals surface area contributed by atoms with Crippen LogP contribution in [-0.4, -0.2) is 32.9 Å². The van der Waals surface area contributed by atoms with Gasteiger partial charge in [-0.1, -0.05) is 48.2 Å². The van der Waals surface area contributed by atoms with Gasteiger partial charge in [-0.3, -0.25) is 4.79 Å². The van der Waals surface area contributed by atoms with Crippen LogP contribution in [0.2, 0.25) is 0 Å². The van der Waals surface area contributed by atoms with Crippen LogP contribution in [-0.2, 0) is 24.1 Å². The molecule has 1 amide bonds. The molecule has 1 aliphatic rings. The molecule has 0 saturated carbocycles. The highest BCUT2D eigenvalue weighted by Crippen LogP contribution is 2.24. The number of aliphatic imine (C=N–C) groups is 1. The Hall–Kier alpha value is -3.13. The molecular formula is C22H22N4O3S. The van der Waals surface area contributed by atoms with Crippen LogP contribution in [0.4, 0.5) is 0 Å². The number of rotatable bonds is 8. The van der Waals surface area contributed by atoms with Gasteiger partial charge in [0.05, 0.1) is 24.0 Å². The third-order valence-electron chi connectivity index (χ3n) is 4.69. The molecule has 2 aromatic heterocycles. The fourth-order valence-corrected chi connectivity index (χ4v) is 4.02. The molecule has 0 radical (unpaired) electrons. The molecule has 154 valence electrons. The van der Waals surface area contributed by atoms with Gasteiger partial charge in [-0.25, -0.2) is 9.97 Å². The Morgan fingerprint density at radius 3 is 2.70 bits per heavy atom. The molecule has 0 spiro atoms. The van der Waals surface area contributed by atoms with Gasteiger partial charge in [-0.05, 0) is 24.5 Å². The number of carbonyl (C=O) groups is 1. The standard InChI is InChI=1S/C22H22N4O3S/c1-14-17(11-15-5-3-2-4-6-15)25-20(29-14)9-10-28-19-8-7-16(13-24-19)12-18-21(27)26-22(23)30-18/h2-8,13,18H,9-12H2,1H3,(H2,23,26,27). The van der Waals surface area contributed by atoms with Crippen LogP contribution in [0.15, 0.2) is 58.1 Å². The predicted molar refractivity (Wildman–Crippen MR) is 116 cm³/mol. The van der Waals surface area contributed by atoms with Gasteiger partial charge in [0.2, 0.25) is 5.88 Å². The molecule has 0 bridgehead atoms. The van der Waals surface area contributed by atoms with E-state index in [0.717, 1.165) is 23.4 Å². The Morgan fingerprint density at radius 2 is 2.00 bits per heavy atom. The third-order valence-corrected chi connectivity index (χ3v) is 5.68. The number of hydrogen-bond donors (Lipinski definition) is 1. The first-order valence-corrected chi connectivity index (χ1v) is 10.6. The van der Waals surface area contributed by atoms with Crippen molar-refractivity contribution < 1.29 is 13.9 Å². The first kappa shape index (κ1) is 20.2. The summed E-state index contributed by atoms with van der Waals surface area (Å²) in [5.41, 5.74) is 8.67. The Bertz CT molecular complexity index is 1050. The minimum absolute atomic E-state index is 0.189. The zero-order chi connectivity index (χ0) is 20.9. The van der Waals surface area contributed by atoms with E-state index in [-0.39, 0.29) is 11.2 Å². The number of amides is 1. The highest BCUT2D eigenvalue weighted by Gasteiger charge is 2.27. The van der Waals surface area contributed by atoms with Crippen LogP contribution in [0.25, 0.3) is 0 Å². The molecule has 0 saturated heterocycles. The van der Waals surface area contributed by atoms with Crippen molar-refractivity contribution in [2.45, 2.75) is 31.4 Å². The number of nitrogens with two attached hydrogens (primary N) is 1. The van der Waals surface area contributed by atoms with Gasteiger partial charge in [0, 0.05) is 18.7 Å². The van der Waals surface area contributed by atoms with Crippen molar-refractivity contribution in [2.24, 2.45) is 10.7 Å². The van der Waals surface area contributed by atoms with Crippen molar-refractivity contribution in [1.29, 1.82) is 0 Å². The number of amidine groups is 1. The summed E-state index contributed by atoms with van der Waals surface area (Å²) >= 11 is 1.29. The maximum absolute atomic E-state index is 11.7. The van der Waals surface area contributed by atoms with Gasteiger partial charge in [0.1, 0.15) is 5.76 Å². The SMILES string of the molecule is Cc1oc(CCOc2ccc(CC3SC(N)=NC3=O)cn2)nc1Cc1ccccc1. The number of hydrogen-bond acceptors (Lipinski definition) is 7. The molecule has 30 heavy (non-hydrogen) atoms. The van der Waals surface area contributed by atoms with Crippen molar-refractivity contribution in [3.8, 4) is 5.88 Å². The van der Waals surface area contributed by atoms with E-state index < -0.39 is 0 Å². The van der Waals surface area contributed by atoms with E-state index in [0.29, 0.717) is 36.4 Å². The maximum atomic E-state index is 11.7. The molecule has 0 aliphatic carbocycles. The zero-order valence-corrected chi connectivity index (χ0v) is 17.4. The van der Waals surface area contributed by atoms with Gasteiger partial charge in [0.15, 0.2) is 11.1 Å². The molecule has 0 fully saturated rings. The molecule has 3 heterocycles. The number of oxazole rings is 1. The molecular weight excluding hydrogens is 400 g/mol. The number of ether oxygens (including phenoxy) is 1. The smallest absolute Gasteiger partial charge is 0.261 e. The van der Waals surface area contributed by atoms with E-state index in [1.54, 1.807) is 12.3 Å². The number of pyridine rings is 1. The highest BCUT2D eigenvalue weighted by molar-refractivity contribution is 8.15. The Morgan fingerprint density at radius 1 is 1.17 bits per heavy atom. The van der Waals surface area contributed by atoms with Gasteiger partial charge in [0.25, 0.3) is 5.91 Å². The highest BCUT2D eigenvalue weighted by atomic mass is 32.2. The molecule has 1 aliphatic heterocycles. The molecule has 1 atom stereocenters. The van der Waals surface area contributed by atoms with Gasteiger partial charge >= 0.3 is 0 Å². The molecule has 4 rings (SSSR count). The summed E-state index contributed by atoms with van der Waals surface area (Å²) in [6.45, 7) is 2.35. The van der Waals surface area contributed by atoms with E-state index in [2.05, 4.69) is 27.1 Å². The van der Waals surface area contributed by atoms with Gasteiger partial charge in [-0.2, -0.15) is 4.99 Å². The number of aromatic nitrogens is 2. The molecule has 3 aromatic rings. The fourth-order valence-electron chi connectivity index (χ4n) is 3.15. The minimum Gasteiger partial charge on any atom is -0.477 e. The van der Waals surface area contributed by atoms with Crippen LogP contribution in [0.1, 0.15) is 28.5 Å². The summed E-state index contributed by atoms with van der Waals surface area (Å²) in [5.74, 6) is 1.82. The molecule has 2 N–H and O–H groups in total. The average molecular weight is 423 g/mol. The lowest BCUT2D eigenvalue weighted by Gasteiger charge is -2.07. The summed E-state index contributed by atoms with van der Waals surface area (Å²) in [6, 6.07) is 13.9. The Kier molecular flexibility index (Phi) is 6.13. The van der Waals surface area contributed by atoms with Crippen molar-refractivity contribution in [1.82, 2.24) is 9.97 Å². The summed E-state index contributed by atoms with van der Waals surface area (Å²) < 4.78 is 11.5. The quantitative estimate of drug-likeness (QED) is 0.595. The Labute approximate surface area is 178 Å². The van der Waals surface area contributed by atoms with E-state index in [1.165, 1.54) is 17.3 Å². The molecule has 1 unspecified atom stereocenters. The van der Waals surface area contributed by atoms with Gasteiger partial charge < -0.3 is 14.9 Å². The van der Waals surface area contributed by atoms with Crippen LogP contribution in [0, 0.1) is 6.92 Å². The fraction of sp³-hybridized carbons (Fsp3) is 0.273. The summed E-state index contributed by atoms with van der Waals surface area (Å²) in [5, 5.41) is 0.0588. The molecule has 8 heteroatoms. The first-order valence-electron chi connectivity index (χ1n) is 9.68. The largest absolute Gasteiger partial charge is 0.477 e. The lowest BCUT2D eigenvalue weighted by molar-refractivity contribution is -0.117. The second-order valence-corrected chi connectivity index (χ2v) is 8.20. The van der Waals surface area contributed by atoms with Crippen LogP contribution in [0.5, 0.6) is 5.88 Å². The predicted octanol–water partition coefficient (Wildman–Crippen LogP) is 3.09. The number of thioether (sulfide) groups is 1. The van der Waals surface area contributed by atoms with E-state index in [4.69, 9.17) is 14.9 Å². The lowest BCUT2D eigenvalue weighted by atomic mass is 10.1. The monoisotopic (exact) mass is 422 g/mol. The van der Waals surface area contributed by atoms with Crippen LogP contribution >= 0.6 is 11.8 Å². The van der Waals surface area contributed by atoms with Crippen molar-refractivity contribution in [3.63, 3.8) is 0 Å². The van der Waals surface area contributed by atoms with Crippen molar-refractivity contribution in [3.05, 3.63) is 77.1 Å². The Balaban J connectivity index is 1.26. The number of benzene rings is 1. The lowest BCUT2D eigenvalue weighted by Crippen LogP contribution is -2.14. The second-order valence-electron chi connectivity index (χ2n) is 6.97. The van der Waals surface area contributed by atoms with E-state index in [1.807, 2.05) is 31.2 Å². The zero-order valence-electron chi connectivity index (χ0n) is 16.6. The first-order chi connectivity index (χ1) is 14.6. The minimum atomic E-state index is -0.267. The van der Waals surface area contributed by atoms with Crippen molar-refractivity contribution >= 4 is 22.8 Å². The number of carbonyl (C=O) groups excluding carboxylic acids is 1. The topological polar surface area (TPSA) is 104 Å². The van der Waals surface area contributed by atoms with Crippen LogP contribution < -0.4 is 10.5 Å². The number of nitrogens with zero attached hydrogens (tertiary/aromatic N) is 3. The van der Waals surface area contributed by atoms with E-state index in [9.17, 15) is 4.79 Å². The number of aryl methyl sites for hydroxylation is 1. The second kappa shape index (κ2) is 9.13. The third kappa shape index (κ3) is 5.07. The van der Waals surface area contributed by atoms with E-state index >= 15 is 0 Å². The average Bonchev–Trinajstić information content (AvgIpc) is 3.24. The summed E-state index contributed by atoms with van der Waals surface area (Å²) in [7, 11) is 0. The van der Waals surface area contributed by atoms with Gasteiger partial charge in [-0.15, -0.1) is 0 Å². The maximum Gasteiger partial charge on any atom is 0.261 e. The molecule has 1 aromatic carbocycles. The summed E-state index contributed by atoms with van der Waals surface area (Å²) in [4.78, 5) is 24.4. The van der Waals surface area contributed by atoms with Crippen molar-refractivity contribution in [2.75, 3.05) is 6.61 Å². The molecule has 7 nitrogen and oxygen atoms in total. The normalized spacial score (nSPS) is 16.0.